The number of epoxide rings is 2. The van der Waals surface area contributed by atoms with Crippen LogP contribution in [0.3, 0.4) is 0 Å². The molecule has 3 aliphatic heterocycles. The minimum absolute atomic E-state index is 0.234. The predicted octanol–water partition coefficient (Wildman–Crippen LogP) is 0.949. The largest absolute Gasteiger partial charge is 0.457 e. The summed E-state index contributed by atoms with van der Waals surface area (Å²) in [5.41, 5.74) is 0. The van der Waals surface area contributed by atoms with Gasteiger partial charge in [0.25, 0.3) is 0 Å². The summed E-state index contributed by atoms with van der Waals surface area (Å²) in [6, 6.07) is 0. The van der Waals surface area contributed by atoms with Crippen molar-refractivity contribution in [1.29, 1.82) is 0 Å². The van der Waals surface area contributed by atoms with E-state index in [0.717, 1.165) is 38.5 Å². The van der Waals surface area contributed by atoms with Crippen molar-refractivity contribution in [3.05, 3.63) is 0 Å². The molecular formula is C19H26O8. The second-order valence-corrected chi connectivity index (χ2v) is 8.34. The molecule has 0 aromatic carbocycles. The first kappa shape index (κ1) is 17.8. The van der Waals surface area contributed by atoms with Crippen molar-refractivity contribution in [1.82, 2.24) is 0 Å². The SMILES string of the molecule is O=C(OCC1CCC2OC2C1)C(=O)OC1COC(C2CCC3OC3C2)OC1. The number of rotatable bonds is 4. The molecule has 0 bridgehead atoms. The molecule has 0 aromatic heterocycles. The highest BCUT2D eigenvalue weighted by molar-refractivity contribution is 6.29. The molecule has 0 N–H and O–H groups in total. The molecule has 8 heteroatoms. The fraction of sp³-hybridized carbons (Fsp3) is 0.895. The fourth-order valence-corrected chi connectivity index (χ4v) is 4.61. The van der Waals surface area contributed by atoms with E-state index in [1.807, 2.05) is 0 Å². The molecule has 5 rings (SSSR count). The lowest BCUT2D eigenvalue weighted by Crippen LogP contribution is -2.43. The number of esters is 2. The van der Waals surface area contributed by atoms with Gasteiger partial charge in [-0.05, 0) is 44.4 Å². The Hall–Kier alpha value is -1.22. The summed E-state index contributed by atoms with van der Waals surface area (Å²) in [5.74, 6) is -1.34. The van der Waals surface area contributed by atoms with Crippen LogP contribution in [0.25, 0.3) is 0 Å². The number of ether oxygens (including phenoxy) is 6. The monoisotopic (exact) mass is 382 g/mol. The molecule has 6 unspecified atom stereocenters. The van der Waals surface area contributed by atoms with Crippen LogP contribution in [0.15, 0.2) is 0 Å². The molecule has 0 aromatic rings. The van der Waals surface area contributed by atoms with Gasteiger partial charge < -0.3 is 28.4 Å². The Bertz CT molecular complexity index is 586. The predicted molar refractivity (Wildman–Crippen MR) is 88.5 cm³/mol. The zero-order valence-corrected chi connectivity index (χ0v) is 15.2. The maximum Gasteiger partial charge on any atom is 0.417 e. The fourth-order valence-electron chi connectivity index (χ4n) is 4.61. The van der Waals surface area contributed by atoms with Crippen LogP contribution in [-0.4, -0.2) is 68.6 Å². The lowest BCUT2D eigenvalue weighted by atomic mass is 9.88. The minimum atomic E-state index is -0.978. The highest BCUT2D eigenvalue weighted by atomic mass is 16.7. The molecule has 8 nitrogen and oxygen atoms in total. The summed E-state index contributed by atoms with van der Waals surface area (Å²) in [6.07, 6.45) is 6.57. The van der Waals surface area contributed by atoms with Gasteiger partial charge in [0.05, 0.1) is 44.2 Å². The number of hydrogen-bond donors (Lipinski definition) is 0. The van der Waals surface area contributed by atoms with Crippen LogP contribution >= 0.6 is 0 Å². The number of fused-ring (bicyclic) bond motifs is 2. The Labute approximate surface area is 157 Å². The lowest BCUT2D eigenvalue weighted by Gasteiger charge is -2.34. The summed E-state index contributed by atoms with van der Waals surface area (Å²) in [6.45, 7) is 0.711. The average Bonchev–Trinajstić information content (AvgIpc) is 3.60. The summed E-state index contributed by atoms with van der Waals surface area (Å²) >= 11 is 0. The smallest absolute Gasteiger partial charge is 0.417 e. The first-order valence-electron chi connectivity index (χ1n) is 10.1. The topological polar surface area (TPSA) is 96.1 Å². The van der Waals surface area contributed by atoms with E-state index in [1.54, 1.807) is 0 Å². The number of carbonyl (C=O) groups excluding carboxylic acids is 2. The van der Waals surface area contributed by atoms with Crippen molar-refractivity contribution in [2.75, 3.05) is 19.8 Å². The van der Waals surface area contributed by atoms with E-state index in [4.69, 9.17) is 28.4 Å². The van der Waals surface area contributed by atoms with Crippen LogP contribution in [0.4, 0.5) is 0 Å². The maximum absolute atomic E-state index is 11.9. The van der Waals surface area contributed by atoms with E-state index >= 15 is 0 Å². The number of carbonyl (C=O) groups is 2. The van der Waals surface area contributed by atoms with Gasteiger partial charge in [-0.1, -0.05) is 0 Å². The van der Waals surface area contributed by atoms with Crippen LogP contribution < -0.4 is 0 Å². The van der Waals surface area contributed by atoms with E-state index in [0.29, 0.717) is 30.3 Å². The van der Waals surface area contributed by atoms with Crippen LogP contribution in [0.1, 0.15) is 38.5 Å². The Morgan fingerprint density at radius 1 is 0.815 bits per heavy atom. The molecule has 150 valence electrons. The third-order valence-electron chi connectivity index (χ3n) is 6.33. The standard InChI is InChI=1S/C19H26O8/c20-17(22-7-10-1-3-13-15(5-10)26-13)18(21)25-12-8-23-19(24-9-12)11-2-4-14-16(6-11)27-14/h10-16,19H,1-9H2. The van der Waals surface area contributed by atoms with Crippen molar-refractivity contribution in [2.45, 2.75) is 75.3 Å². The van der Waals surface area contributed by atoms with Crippen LogP contribution in [0, 0.1) is 11.8 Å². The number of hydrogen-bond acceptors (Lipinski definition) is 8. The molecule has 3 saturated heterocycles. The van der Waals surface area contributed by atoms with Crippen molar-refractivity contribution in [3.63, 3.8) is 0 Å². The van der Waals surface area contributed by atoms with Crippen molar-refractivity contribution < 1.29 is 38.0 Å². The summed E-state index contributed by atoms with van der Waals surface area (Å²) in [4.78, 5) is 23.8. The van der Waals surface area contributed by atoms with Gasteiger partial charge in [0.2, 0.25) is 0 Å². The van der Waals surface area contributed by atoms with Crippen molar-refractivity contribution in [3.8, 4) is 0 Å². The lowest BCUT2D eigenvalue weighted by molar-refractivity contribution is -0.246. The molecule has 0 spiro atoms. The molecule has 2 aliphatic carbocycles. The molecular weight excluding hydrogens is 356 g/mol. The first-order valence-corrected chi connectivity index (χ1v) is 10.1. The van der Waals surface area contributed by atoms with Crippen molar-refractivity contribution in [2.24, 2.45) is 11.8 Å². The van der Waals surface area contributed by atoms with Gasteiger partial charge in [0.15, 0.2) is 6.29 Å². The zero-order chi connectivity index (χ0) is 18.4. The van der Waals surface area contributed by atoms with E-state index in [1.165, 1.54) is 0 Å². The Kier molecular flexibility index (Phi) is 4.83. The van der Waals surface area contributed by atoms with Gasteiger partial charge >= 0.3 is 11.9 Å². The van der Waals surface area contributed by atoms with Gasteiger partial charge in [0, 0.05) is 5.92 Å². The third kappa shape index (κ3) is 4.13. The quantitative estimate of drug-likeness (QED) is 0.403. The molecule has 2 saturated carbocycles. The molecule has 3 heterocycles. The molecule has 27 heavy (non-hydrogen) atoms. The van der Waals surface area contributed by atoms with Gasteiger partial charge in [-0.3, -0.25) is 0 Å². The summed E-state index contributed by atoms with van der Waals surface area (Å²) < 4.78 is 32.7. The van der Waals surface area contributed by atoms with Gasteiger partial charge in [-0.25, -0.2) is 9.59 Å². The molecule has 6 atom stereocenters. The van der Waals surface area contributed by atoms with Crippen LogP contribution in [0.5, 0.6) is 0 Å². The van der Waals surface area contributed by atoms with Gasteiger partial charge in [-0.15, -0.1) is 0 Å². The van der Waals surface area contributed by atoms with Crippen LogP contribution in [0.2, 0.25) is 0 Å². The molecule has 5 aliphatic rings. The highest BCUT2D eigenvalue weighted by Crippen LogP contribution is 2.42. The normalized spacial score (nSPS) is 45.2. The van der Waals surface area contributed by atoms with Gasteiger partial charge in [0.1, 0.15) is 6.10 Å². The average molecular weight is 382 g/mol. The summed E-state index contributed by atoms with van der Waals surface area (Å²) in [5, 5.41) is 0. The maximum atomic E-state index is 11.9. The molecule has 0 radical (unpaired) electrons. The van der Waals surface area contributed by atoms with E-state index in [2.05, 4.69) is 0 Å². The van der Waals surface area contributed by atoms with E-state index in [-0.39, 0.29) is 32.0 Å². The minimum Gasteiger partial charge on any atom is -0.457 e. The van der Waals surface area contributed by atoms with E-state index < -0.39 is 18.0 Å². The Morgan fingerprint density at radius 3 is 2.22 bits per heavy atom. The van der Waals surface area contributed by atoms with Crippen LogP contribution in [-0.2, 0) is 38.0 Å². The molecule has 0 amide bonds. The van der Waals surface area contributed by atoms with Crippen molar-refractivity contribution >= 4 is 11.9 Å². The highest BCUT2D eigenvalue weighted by Gasteiger charge is 2.47. The van der Waals surface area contributed by atoms with E-state index in [9.17, 15) is 9.59 Å². The second-order valence-electron chi connectivity index (χ2n) is 8.34. The Morgan fingerprint density at radius 2 is 1.52 bits per heavy atom. The third-order valence-corrected chi connectivity index (χ3v) is 6.33. The van der Waals surface area contributed by atoms with Gasteiger partial charge in [-0.2, -0.15) is 0 Å². The first-order chi connectivity index (χ1) is 13.2. The molecule has 5 fully saturated rings. The Balaban J connectivity index is 1.00. The summed E-state index contributed by atoms with van der Waals surface area (Å²) in [7, 11) is 0. The zero-order valence-electron chi connectivity index (χ0n) is 15.2. The second kappa shape index (κ2) is 7.31.